The van der Waals surface area contributed by atoms with E-state index in [1.165, 1.54) is 25.4 Å². The molecule has 0 aliphatic heterocycles. The first-order chi connectivity index (χ1) is 12.1. The Morgan fingerprint density at radius 1 is 1.16 bits per heavy atom. The third-order valence-electron chi connectivity index (χ3n) is 3.56. The number of carbonyl (C=O) groups excluding carboxylic acids is 2. The van der Waals surface area contributed by atoms with E-state index in [-0.39, 0.29) is 11.4 Å². The van der Waals surface area contributed by atoms with Crippen molar-refractivity contribution in [2.75, 3.05) is 12.4 Å². The number of hydrogen-bond donors (Lipinski definition) is 1. The summed E-state index contributed by atoms with van der Waals surface area (Å²) >= 11 is 0. The lowest BCUT2D eigenvalue weighted by atomic mass is 10.1. The van der Waals surface area contributed by atoms with Crippen LogP contribution in [0.3, 0.4) is 0 Å². The van der Waals surface area contributed by atoms with Crippen LogP contribution in [0.2, 0.25) is 0 Å². The average Bonchev–Trinajstić information content (AvgIpc) is 3.03. The highest BCUT2D eigenvalue weighted by molar-refractivity contribution is 6.08. The van der Waals surface area contributed by atoms with Crippen molar-refractivity contribution in [3.8, 4) is 11.3 Å². The number of methoxy groups -OCH3 is 1. The lowest BCUT2D eigenvalue weighted by Gasteiger charge is -2.06. The fourth-order valence-electron chi connectivity index (χ4n) is 2.36. The van der Waals surface area contributed by atoms with Crippen molar-refractivity contribution in [1.82, 2.24) is 10.1 Å². The summed E-state index contributed by atoms with van der Waals surface area (Å²) in [6, 6.07) is 12.2. The Bertz CT molecular complexity index is 919. The third-order valence-corrected chi connectivity index (χ3v) is 3.56. The number of aromatic nitrogens is 2. The van der Waals surface area contributed by atoms with Crippen molar-refractivity contribution in [2.24, 2.45) is 0 Å². The zero-order chi connectivity index (χ0) is 17.8. The summed E-state index contributed by atoms with van der Waals surface area (Å²) in [5.74, 6) is -0.316. The monoisotopic (exact) mass is 337 g/mol. The summed E-state index contributed by atoms with van der Waals surface area (Å²) in [7, 11) is 1.29. The SMILES string of the molecule is COC(=O)c1ccnc(NC(=O)c2c(-c3ccccc3)noc2C)c1. The number of aryl methyl sites for hydroxylation is 1. The third kappa shape index (κ3) is 3.40. The Morgan fingerprint density at radius 3 is 2.64 bits per heavy atom. The van der Waals surface area contributed by atoms with E-state index >= 15 is 0 Å². The minimum atomic E-state index is -0.510. The minimum Gasteiger partial charge on any atom is -0.465 e. The quantitative estimate of drug-likeness (QED) is 0.735. The van der Waals surface area contributed by atoms with Gasteiger partial charge in [-0.2, -0.15) is 0 Å². The Hall–Kier alpha value is -3.48. The first kappa shape index (κ1) is 16.4. The van der Waals surface area contributed by atoms with Crippen LogP contribution >= 0.6 is 0 Å². The van der Waals surface area contributed by atoms with Crippen LogP contribution in [-0.4, -0.2) is 29.1 Å². The van der Waals surface area contributed by atoms with Crippen LogP contribution in [0.15, 0.2) is 53.2 Å². The molecule has 2 aromatic heterocycles. The molecule has 25 heavy (non-hydrogen) atoms. The Kier molecular flexibility index (Phi) is 4.56. The molecular formula is C18H15N3O4. The Balaban J connectivity index is 1.90. The fourth-order valence-corrected chi connectivity index (χ4v) is 2.36. The summed E-state index contributed by atoms with van der Waals surface area (Å²) in [6.45, 7) is 1.66. The number of amides is 1. The molecule has 0 saturated carbocycles. The number of pyridine rings is 1. The van der Waals surface area contributed by atoms with E-state index in [1.54, 1.807) is 6.92 Å². The van der Waals surface area contributed by atoms with Gasteiger partial charge in [0, 0.05) is 11.8 Å². The zero-order valence-electron chi connectivity index (χ0n) is 13.6. The molecule has 0 radical (unpaired) electrons. The molecule has 0 atom stereocenters. The van der Waals surface area contributed by atoms with E-state index in [0.717, 1.165) is 5.56 Å². The van der Waals surface area contributed by atoms with Gasteiger partial charge in [0.2, 0.25) is 0 Å². The topological polar surface area (TPSA) is 94.3 Å². The Labute approximate surface area is 143 Å². The number of esters is 1. The highest BCUT2D eigenvalue weighted by atomic mass is 16.5. The summed E-state index contributed by atoms with van der Waals surface area (Å²) in [5.41, 5.74) is 1.81. The molecule has 7 nitrogen and oxygen atoms in total. The number of ether oxygens (including phenoxy) is 1. The molecule has 0 spiro atoms. The van der Waals surface area contributed by atoms with E-state index in [9.17, 15) is 9.59 Å². The van der Waals surface area contributed by atoms with Crippen molar-refractivity contribution in [2.45, 2.75) is 6.92 Å². The van der Waals surface area contributed by atoms with E-state index in [1.807, 2.05) is 30.3 Å². The number of anilines is 1. The van der Waals surface area contributed by atoms with Gasteiger partial charge in [-0.15, -0.1) is 0 Å². The van der Waals surface area contributed by atoms with Crippen molar-refractivity contribution in [1.29, 1.82) is 0 Å². The number of carbonyl (C=O) groups is 2. The summed E-state index contributed by atoms with van der Waals surface area (Å²) in [4.78, 5) is 28.3. The predicted octanol–water partition coefficient (Wildman–Crippen LogP) is 3.08. The standard InChI is InChI=1S/C18H15N3O4/c1-11-15(16(21-25-11)12-6-4-3-5-7-12)17(22)20-14-10-13(8-9-19-14)18(23)24-2/h3-10H,1-2H3,(H,19,20,22). The van der Waals surface area contributed by atoms with Gasteiger partial charge in [0.25, 0.3) is 5.91 Å². The lowest BCUT2D eigenvalue weighted by Crippen LogP contribution is -2.15. The molecular weight excluding hydrogens is 322 g/mol. The predicted molar refractivity (Wildman–Crippen MR) is 90.2 cm³/mol. The van der Waals surface area contributed by atoms with Gasteiger partial charge in [-0.05, 0) is 19.1 Å². The number of hydrogen-bond acceptors (Lipinski definition) is 6. The molecule has 0 aliphatic carbocycles. The van der Waals surface area contributed by atoms with Crippen molar-refractivity contribution in [3.63, 3.8) is 0 Å². The van der Waals surface area contributed by atoms with Gasteiger partial charge in [0.05, 0.1) is 12.7 Å². The van der Waals surface area contributed by atoms with Gasteiger partial charge in [0.15, 0.2) is 0 Å². The summed E-state index contributed by atoms with van der Waals surface area (Å²) in [5, 5.41) is 6.63. The second-order valence-electron chi connectivity index (χ2n) is 5.20. The van der Waals surface area contributed by atoms with E-state index in [4.69, 9.17) is 4.52 Å². The molecule has 2 heterocycles. The molecule has 1 amide bonds. The van der Waals surface area contributed by atoms with Gasteiger partial charge in [-0.3, -0.25) is 4.79 Å². The first-order valence-corrected chi connectivity index (χ1v) is 7.47. The largest absolute Gasteiger partial charge is 0.465 e. The molecule has 0 bridgehead atoms. The van der Waals surface area contributed by atoms with Gasteiger partial charge in [-0.1, -0.05) is 35.5 Å². The molecule has 0 aliphatic rings. The van der Waals surface area contributed by atoms with Gasteiger partial charge in [-0.25, -0.2) is 9.78 Å². The molecule has 1 N–H and O–H groups in total. The van der Waals surface area contributed by atoms with Crippen LogP contribution < -0.4 is 5.32 Å². The van der Waals surface area contributed by atoms with Crippen molar-refractivity contribution >= 4 is 17.7 Å². The number of rotatable bonds is 4. The maximum atomic E-state index is 12.7. The molecule has 3 aromatic rings. The van der Waals surface area contributed by atoms with Crippen LogP contribution in [0.5, 0.6) is 0 Å². The smallest absolute Gasteiger partial charge is 0.338 e. The van der Waals surface area contributed by atoms with Crippen LogP contribution in [0.4, 0.5) is 5.82 Å². The van der Waals surface area contributed by atoms with Crippen LogP contribution in [0.1, 0.15) is 26.5 Å². The molecule has 3 rings (SSSR count). The molecule has 0 unspecified atom stereocenters. The highest BCUT2D eigenvalue weighted by Crippen LogP contribution is 2.25. The van der Waals surface area contributed by atoms with Gasteiger partial charge in [0.1, 0.15) is 22.8 Å². The highest BCUT2D eigenvalue weighted by Gasteiger charge is 2.22. The molecule has 0 fully saturated rings. The van der Waals surface area contributed by atoms with E-state index in [2.05, 4.69) is 20.2 Å². The van der Waals surface area contributed by atoms with Crippen LogP contribution in [-0.2, 0) is 4.74 Å². The second-order valence-corrected chi connectivity index (χ2v) is 5.20. The van der Waals surface area contributed by atoms with E-state index < -0.39 is 11.9 Å². The number of benzene rings is 1. The van der Waals surface area contributed by atoms with Crippen LogP contribution in [0, 0.1) is 6.92 Å². The number of nitrogens with one attached hydrogen (secondary N) is 1. The summed E-state index contributed by atoms with van der Waals surface area (Å²) < 4.78 is 9.84. The fraction of sp³-hybridized carbons (Fsp3) is 0.111. The molecule has 1 aromatic carbocycles. The Morgan fingerprint density at radius 2 is 1.92 bits per heavy atom. The van der Waals surface area contributed by atoms with Crippen molar-refractivity contribution in [3.05, 3.63) is 65.5 Å². The average molecular weight is 337 g/mol. The first-order valence-electron chi connectivity index (χ1n) is 7.47. The molecule has 7 heteroatoms. The maximum absolute atomic E-state index is 12.7. The maximum Gasteiger partial charge on any atom is 0.338 e. The molecule has 0 saturated heterocycles. The lowest BCUT2D eigenvalue weighted by molar-refractivity contribution is 0.0600. The van der Waals surface area contributed by atoms with Crippen molar-refractivity contribution < 1.29 is 18.8 Å². The van der Waals surface area contributed by atoms with Gasteiger partial charge < -0.3 is 14.6 Å². The normalized spacial score (nSPS) is 10.3. The van der Waals surface area contributed by atoms with Crippen LogP contribution in [0.25, 0.3) is 11.3 Å². The molecule has 126 valence electrons. The van der Waals surface area contributed by atoms with E-state index in [0.29, 0.717) is 17.0 Å². The zero-order valence-corrected chi connectivity index (χ0v) is 13.6. The second kappa shape index (κ2) is 6.96. The van der Waals surface area contributed by atoms with Gasteiger partial charge >= 0.3 is 5.97 Å². The summed E-state index contributed by atoms with van der Waals surface area (Å²) in [6.07, 6.45) is 1.42. The number of nitrogens with zero attached hydrogens (tertiary/aromatic N) is 2. The minimum absolute atomic E-state index is 0.229.